The van der Waals surface area contributed by atoms with Gasteiger partial charge in [0.15, 0.2) is 9.84 Å². The smallest absolute Gasteiger partial charge is 0.309 e. The number of nitriles is 1. The average Bonchev–Trinajstić information content (AvgIpc) is 2.73. The Labute approximate surface area is 139 Å². The molecule has 1 N–H and O–H groups in total. The van der Waals surface area contributed by atoms with E-state index in [1.54, 1.807) is 0 Å². The Kier molecular flexibility index (Phi) is 5.22. The largest absolute Gasteiger partial charge is 0.417 e. The minimum Gasteiger partial charge on any atom is -0.309 e. The standard InChI is InChI=1S/C15H18F3N3O2S/c1-21(2)7-3-6-20-13-9-24(22,23)14-10(13)4-5-12(11(14)8-19)15(16,17)18/h4-5,13,20H,3,6-7,9H2,1-2H3. The maximum atomic E-state index is 13.0. The van der Waals surface area contributed by atoms with Crippen LogP contribution in [0.15, 0.2) is 17.0 Å². The van der Waals surface area contributed by atoms with Crippen molar-refractivity contribution in [3.8, 4) is 6.07 Å². The molecule has 1 aromatic carbocycles. The van der Waals surface area contributed by atoms with Gasteiger partial charge in [0.2, 0.25) is 0 Å². The lowest BCUT2D eigenvalue weighted by molar-refractivity contribution is -0.137. The number of nitrogens with zero attached hydrogens (tertiary/aromatic N) is 2. The normalized spacial score (nSPS) is 19.3. The van der Waals surface area contributed by atoms with E-state index in [4.69, 9.17) is 5.26 Å². The Hall–Kier alpha value is -1.63. The molecule has 0 saturated heterocycles. The van der Waals surface area contributed by atoms with Crippen LogP contribution in [-0.2, 0) is 16.0 Å². The Balaban J connectivity index is 2.36. The molecule has 0 radical (unpaired) electrons. The lowest BCUT2D eigenvalue weighted by Crippen LogP contribution is -2.26. The average molecular weight is 361 g/mol. The van der Waals surface area contributed by atoms with Crippen molar-refractivity contribution in [3.05, 3.63) is 28.8 Å². The number of halogens is 3. The molecule has 132 valence electrons. The van der Waals surface area contributed by atoms with Crippen LogP contribution < -0.4 is 5.32 Å². The number of rotatable bonds is 5. The monoisotopic (exact) mass is 361 g/mol. The fourth-order valence-corrected chi connectivity index (χ4v) is 4.73. The number of fused-ring (bicyclic) bond motifs is 1. The zero-order valence-corrected chi connectivity index (χ0v) is 14.1. The van der Waals surface area contributed by atoms with Crippen LogP contribution in [0.2, 0.25) is 0 Å². The van der Waals surface area contributed by atoms with Crippen LogP contribution in [0.1, 0.15) is 29.2 Å². The molecule has 2 rings (SSSR count). The molecule has 1 aliphatic rings. The second-order valence-electron chi connectivity index (χ2n) is 5.96. The summed E-state index contributed by atoms with van der Waals surface area (Å²) in [6.45, 7) is 1.33. The lowest BCUT2D eigenvalue weighted by atomic mass is 10.0. The number of alkyl halides is 3. The molecule has 1 atom stereocenters. The molecule has 0 fully saturated rings. The van der Waals surface area contributed by atoms with Gasteiger partial charge in [-0.25, -0.2) is 8.42 Å². The molecule has 0 amide bonds. The van der Waals surface area contributed by atoms with Crippen LogP contribution in [0.3, 0.4) is 0 Å². The zero-order valence-electron chi connectivity index (χ0n) is 13.3. The highest BCUT2D eigenvalue weighted by atomic mass is 32.2. The maximum absolute atomic E-state index is 13.0. The molecular weight excluding hydrogens is 343 g/mol. The summed E-state index contributed by atoms with van der Waals surface area (Å²) in [7, 11) is -0.109. The van der Waals surface area contributed by atoms with Gasteiger partial charge >= 0.3 is 6.18 Å². The molecule has 0 aliphatic carbocycles. The van der Waals surface area contributed by atoms with Gasteiger partial charge in [-0.2, -0.15) is 18.4 Å². The van der Waals surface area contributed by atoms with Crippen LogP contribution in [0.25, 0.3) is 0 Å². The number of nitrogens with one attached hydrogen (secondary N) is 1. The van der Waals surface area contributed by atoms with Crippen molar-refractivity contribution in [2.75, 3.05) is 32.9 Å². The predicted octanol–water partition coefficient (Wildman–Crippen LogP) is 1.95. The van der Waals surface area contributed by atoms with Gasteiger partial charge in [-0.05, 0) is 45.2 Å². The van der Waals surface area contributed by atoms with E-state index in [9.17, 15) is 21.6 Å². The topological polar surface area (TPSA) is 73.2 Å². The van der Waals surface area contributed by atoms with E-state index in [1.165, 1.54) is 6.07 Å². The first-order valence-corrected chi connectivity index (χ1v) is 8.98. The predicted molar refractivity (Wildman–Crippen MR) is 82.1 cm³/mol. The third kappa shape index (κ3) is 3.71. The van der Waals surface area contributed by atoms with E-state index >= 15 is 0 Å². The van der Waals surface area contributed by atoms with Crippen molar-refractivity contribution >= 4 is 9.84 Å². The van der Waals surface area contributed by atoms with Crippen molar-refractivity contribution in [2.45, 2.75) is 23.5 Å². The van der Waals surface area contributed by atoms with E-state index in [2.05, 4.69) is 5.32 Å². The van der Waals surface area contributed by atoms with Crippen LogP contribution in [-0.4, -0.2) is 46.3 Å². The fraction of sp³-hybridized carbons (Fsp3) is 0.533. The molecule has 24 heavy (non-hydrogen) atoms. The van der Waals surface area contributed by atoms with Crippen molar-refractivity contribution in [1.82, 2.24) is 10.2 Å². The van der Waals surface area contributed by atoms with E-state index < -0.39 is 38.1 Å². The highest BCUT2D eigenvalue weighted by Gasteiger charge is 2.42. The minimum absolute atomic E-state index is 0.240. The summed E-state index contributed by atoms with van der Waals surface area (Å²) >= 11 is 0. The second-order valence-corrected chi connectivity index (χ2v) is 7.93. The van der Waals surface area contributed by atoms with Crippen LogP contribution in [0, 0.1) is 11.3 Å². The van der Waals surface area contributed by atoms with Crippen molar-refractivity contribution in [2.24, 2.45) is 0 Å². The van der Waals surface area contributed by atoms with Crippen molar-refractivity contribution < 1.29 is 21.6 Å². The number of hydrogen-bond acceptors (Lipinski definition) is 5. The first-order valence-electron chi connectivity index (χ1n) is 7.33. The third-order valence-corrected chi connectivity index (χ3v) is 5.68. The highest BCUT2D eigenvalue weighted by molar-refractivity contribution is 7.91. The van der Waals surface area contributed by atoms with Crippen LogP contribution in [0.5, 0.6) is 0 Å². The van der Waals surface area contributed by atoms with Gasteiger partial charge in [-0.1, -0.05) is 6.07 Å². The van der Waals surface area contributed by atoms with E-state index in [0.717, 1.165) is 25.1 Å². The molecule has 1 unspecified atom stereocenters. The van der Waals surface area contributed by atoms with Crippen molar-refractivity contribution in [1.29, 1.82) is 5.26 Å². The third-order valence-electron chi connectivity index (χ3n) is 3.85. The fourth-order valence-electron chi connectivity index (χ4n) is 2.79. The first kappa shape index (κ1) is 18.7. The number of hydrogen-bond donors (Lipinski definition) is 1. The minimum atomic E-state index is -4.77. The van der Waals surface area contributed by atoms with Crippen molar-refractivity contribution in [3.63, 3.8) is 0 Å². The summed E-state index contributed by atoms with van der Waals surface area (Å²) in [5, 5.41) is 12.2. The molecule has 0 aromatic heterocycles. The summed E-state index contributed by atoms with van der Waals surface area (Å²) in [5.41, 5.74) is -1.78. The van der Waals surface area contributed by atoms with Gasteiger partial charge < -0.3 is 10.2 Å². The Bertz CT molecular complexity index is 767. The molecule has 0 spiro atoms. The van der Waals surface area contributed by atoms with Gasteiger partial charge in [0, 0.05) is 6.04 Å². The SMILES string of the molecule is CN(C)CCCNC1CS(=O)(=O)c2c1ccc(C(F)(F)F)c2C#N. The quantitative estimate of drug-likeness (QED) is 0.812. The Morgan fingerprint density at radius 3 is 2.58 bits per heavy atom. The molecule has 9 heteroatoms. The maximum Gasteiger partial charge on any atom is 0.417 e. The summed E-state index contributed by atoms with van der Waals surface area (Å²) in [5.74, 6) is -0.333. The lowest BCUT2D eigenvalue weighted by Gasteiger charge is -2.15. The van der Waals surface area contributed by atoms with Gasteiger partial charge in [0.1, 0.15) is 6.07 Å². The van der Waals surface area contributed by atoms with Gasteiger partial charge in [0.25, 0.3) is 0 Å². The molecule has 1 aliphatic heterocycles. The number of benzene rings is 1. The first-order chi connectivity index (χ1) is 11.1. The zero-order chi connectivity index (χ0) is 18.1. The summed E-state index contributed by atoms with van der Waals surface area (Å²) in [4.78, 5) is 1.50. The molecular formula is C15H18F3N3O2S. The molecule has 5 nitrogen and oxygen atoms in total. The van der Waals surface area contributed by atoms with Crippen LogP contribution >= 0.6 is 0 Å². The number of sulfone groups is 1. The van der Waals surface area contributed by atoms with E-state index in [-0.39, 0.29) is 11.3 Å². The van der Waals surface area contributed by atoms with E-state index in [0.29, 0.717) is 6.54 Å². The summed E-state index contributed by atoms with van der Waals surface area (Å²) in [6.07, 6.45) is -4.00. The molecule has 0 bridgehead atoms. The molecule has 1 heterocycles. The summed E-state index contributed by atoms with van der Waals surface area (Å²) in [6, 6.07) is 2.78. The van der Waals surface area contributed by atoms with Gasteiger partial charge in [-0.3, -0.25) is 0 Å². The van der Waals surface area contributed by atoms with E-state index in [1.807, 2.05) is 19.0 Å². The van der Waals surface area contributed by atoms with Crippen LogP contribution in [0.4, 0.5) is 13.2 Å². The van der Waals surface area contributed by atoms with Gasteiger partial charge in [-0.15, -0.1) is 0 Å². The molecule has 0 saturated carbocycles. The summed E-state index contributed by atoms with van der Waals surface area (Å²) < 4.78 is 63.6. The second kappa shape index (κ2) is 6.70. The Morgan fingerprint density at radius 2 is 2.04 bits per heavy atom. The highest BCUT2D eigenvalue weighted by Crippen LogP contribution is 2.41. The van der Waals surface area contributed by atoms with Gasteiger partial charge in [0.05, 0.1) is 21.8 Å². The Morgan fingerprint density at radius 1 is 1.38 bits per heavy atom. The molecule has 1 aromatic rings.